The summed E-state index contributed by atoms with van der Waals surface area (Å²) in [6, 6.07) is 13.3. The first-order valence-corrected chi connectivity index (χ1v) is 11.4. The van der Waals surface area contributed by atoms with Gasteiger partial charge in [0.2, 0.25) is 5.91 Å². The van der Waals surface area contributed by atoms with Crippen LogP contribution in [0.2, 0.25) is 0 Å². The molecule has 0 unspecified atom stereocenters. The average Bonchev–Trinajstić information content (AvgIpc) is 2.63. The summed E-state index contributed by atoms with van der Waals surface area (Å²) in [5, 5.41) is 6.15. The quantitative estimate of drug-likeness (QED) is 0.702. The smallest absolute Gasteiger partial charge is 0.238 e. The summed E-state index contributed by atoms with van der Waals surface area (Å²) in [7, 11) is -3.32. The van der Waals surface area contributed by atoms with Gasteiger partial charge in [0.1, 0.15) is 0 Å². The third kappa shape index (κ3) is 5.91. The van der Waals surface area contributed by atoms with Crippen molar-refractivity contribution in [3.8, 4) is 0 Å². The molecule has 0 saturated heterocycles. The Labute approximate surface area is 168 Å². The Morgan fingerprint density at radius 3 is 2.25 bits per heavy atom. The van der Waals surface area contributed by atoms with Crippen molar-refractivity contribution < 1.29 is 13.2 Å². The number of anilines is 1. The summed E-state index contributed by atoms with van der Waals surface area (Å²) in [5.74, 6) is 0.111. The monoisotopic (exact) mass is 402 g/mol. The van der Waals surface area contributed by atoms with E-state index in [0.717, 1.165) is 23.8 Å². The normalized spacial score (nSPS) is 12.8. The lowest BCUT2D eigenvalue weighted by atomic mass is 9.95. The van der Waals surface area contributed by atoms with E-state index in [1.54, 1.807) is 12.1 Å². The first-order chi connectivity index (χ1) is 13.1. The Balaban J connectivity index is 2.07. The fraction of sp³-hybridized carbons (Fsp3) is 0.409. The van der Waals surface area contributed by atoms with Gasteiger partial charge in [0.05, 0.1) is 11.4 Å². The number of hydrogen-bond donors (Lipinski definition) is 2. The van der Waals surface area contributed by atoms with Gasteiger partial charge in [-0.2, -0.15) is 0 Å². The second kappa shape index (κ2) is 9.34. The highest BCUT2D eigenvalue weighted by molar-refractivity contribution is 7.90. The van der Waals surface area contributed by atoms with Crippen molar-refractivity contribution in [1.82, 2.24) is 5.32 Å². The number of carbonyl (C=O) groups excluding carboxylic acids is 1. The van der Waals surface area contributed by atoms with Gasteiger partial charge >= 0.3 is 0 Å². The predicted octanol–water partition coefficient (Wildman–Crippen LogP) is 3.89. The SMILES string of the molecule is CCc1ccc([C@@H](NCC(=O)Nc2cc(S(C)(=O)=O)ccc2C)C(C)C)cc1. The molecule has 2 aromatic rings. The summed E-state index contributed by atoms with van der Waals surface area (Å²) in [5.41, 5.74) is 3.76. The van der Waals surface area contributed by atoms with E-state index in [9.17, 15) is 13.2 Å². The number of rotatable bonds is 8. The second-order valence-electron chi connectivity index (χ2n) is 7.49. The summed E-state index contributed by atoms with van der Waals surface area (Å²) < 4.78 is 23.5. The molecule has 152 valence electrons. The zero-order chi connectivity index (χ0) is 20.9. The molecule has 6 heteroatoms. The molecule has 5 nitrogen and oxygen atoms in total. The molecule has 0 radical (unpaired) electrons. The van der Waals surface area contributed by atoms with E-state index in [2.05, 4.69) is 55.7 Å². The fourth-order valence-corrected chi connectivity index (χ4v) is 3.71. The number of sulfone groups is 1. The molecule has 28 heavy (non-hydrogen) atoms. The molecule has 0 aromatic heterocycles. The van der Waals surface area contributed by atoms with E-state index in [-0.39, 0.29) is 23.4 Å². The van der Waals surface area contributed by atoms with Crippen molar-refractivity contribution in [3.05, 3.63) is 59.2 Å². The summed E-state index contributed by atoms with van der Waals surface area (Å²) in [4.78, 5) is 12.7. The van der Waals surface area contributed by atoms with Gasteiger partial charge < -0.3 is 10.6 Å². The molecular formula is C22H30N2O3S. The molecule has 0 aliphatic heterocycles. The number of carbonyl (C=O) groups is 1. The maximum absolute atomic E-state index is 12.5. The van der Waals surface area contributed by atoms with Crippen LogP contribution in [0.15, 0.2) is 47.4 Å². The Bertz CT molecular complexity index is 919. The van der Waals surface area contributed by atoms with Crippen molar-refractivity contribution in [2.24, 2.45) is 5.92 Å². The standard InChI is InChI=1S/C22H30N2O3S/c1-6-17-8-10-18(11-9-17)22(15(2)3)23-14-21(25)24-20-13-19(28(5,26)27)12-7-16(20)4/h7-13,15,22-23H,6,14H2,1-5H3,(H,24,25)/t22-/m0/s1. The number of benzene rings is 2. The maximum atomic E-state index is 12.5. The van der Waals surface area contributed by atoms with Crippen LogP contribution in [0.3, 0.4) is 0 Å². The van der Waals surface area contributed by atoms with Crippen LogP contribution in [0.1, 0.15) is 43.5 Å². The second-order valence-corrected chi connectivity index (χ2v) is 9.51. The third-order valence-electron chi connectivity index (χ3n) is 4.81. The predicted molar refractivity (Wildman–Crippen MR) is 114 cm³/mol. The van der Waals surface area contributed by atoms with Crippen molar-refractivity contribution in [2.75, 3.05) is 18.1 Å². The lowest BCUT2D eigenvalue weighted by Gasteiger charge is -2.23. The molecule has 0 aliphatic carbocycles. The fourth-order valence-electron chi connectivity index (χ4n) is 3.06. The minimum atomic E-state index is -3.32. The van der Waals surface area contributed by atoms with Crippen LogP contribution in [0, 0.1) is 12.8 Å². The van der Waals surface area contributed by atoms with Gasteiger partial charge in [-0.05, 0) is 48.1 Å². The van der Waals surface area contributed by atoms with Gasteiger partial charge in [-0.1, -0.05) is 51.1 Å². The molecule has 0 saturated carbocycles. The molecule has 0 bridgehead atoms. The van der Waals surface area contributed by atoms with Gasteiger partial charge in [0, 0.05) is 18.0 Å². The van der Waals surface area contributed by atoms with Gasteiger partial charge in [-0.15, -0.1) is 0 Å². The summed E-state index contributed by atoms with van der Waals surface area (Å²) >= 11 is 0. The molecule has 1 atom stereocenters. The minimum absolute atomic E-state index is 0.0557. The third-order valence-corrected chi connectivity index (χ3v) is 5.92. The Morgan fingerprint density at radius 2 is 1.71 bits per heavy atom. The van der Waals surface area contributed by atoms with Crippen LogP contribution in [0.25, 0.3) is 0 Å². The van der Waals surface area contributed by atoms with E-state index < -0.39 is 9.84 Å². The van der Waals surface area contributed by atoms with Gasteiger partial charge in [0.25, 0.3) is 0 Å². The van der Waals surface area contributed by atoms with Crippen molar-refractivity contribution in [1.29, 1.82) is 0 Å². The van der Waals surface area contributed by atoms with Gasteiger partial charge in [-0.3, -0.25) is 4.79 Å². The number of nitrogens with one attached hydrogen (secondary N) is 2. The topological polar surface area (TPSA) is 75.3 Å². The van der Waals surface area contributed by atoms with E-state index >= 15 is 0 Å². The highest BCUT2D eigenvalue weighted by atomic mass is 32.2. The lowest BCUT2D eigenvalue weighted by molar-refractivity contribution is -0.115. The van der Waals surface area contributed by atoms with Crippen LogP contribution in [-0.4, -0.2) is 27.1 Å². The van der Waals surface area contributed by atoms with Crippen molar-refractivity contribution in [2.45, 2.75) is 45.1 Å². The van der Waals surface area contributed by atoms with E-state index in [1.165, 1.54) is 11.6 Å². The van der Waals surface area contributed by atoms with E-state index in [1.807, 2.05) is 6.92 Å². The Hall–Kier alpha value is -2.18. The molecule has 2 rings (SSSR count). The molecule has 0 spiro atoms. The summed E-state index contributed by atoms with van der Waals surface area (Å²) in [6.45, 7) is 8.33. The zero-order valence-corrected chi connectivity index (χ0v) is 18.1. The maximum Gasteiger partial charge on any atom is 0.238 e. The molecule has 1 amide bonds. The summed E-state index contributed by atoms with van der Waals surface area (Å²) in [6.07, 6.45) is 2.15. The Kier molecular flexibility index (Phi) is 7.38. The molecule has 0 aliphatic rings. The van der Waals surface area contributed by atoms with Crippen molar-refractivity contribution in [3.63, 3.8) is 0 Å². The van der Waals surface area contributed by atoms with Crippen LogP contribution in [0.4, 0.5) is 5.69 Å². The zero-order valence-electron chi connectivity index (χ0n) is 17.2. The van der Waals surface area contributed by atoms with Crippen LogP contribution < -0.4 is 10.6 Å². The highest BCUT2D eigenvalue weighted by Gasteiger charge is 2.17. The van der Waals surface area contributed by atoms with E-state index in [0.29, 0.717) is 11.6 Å². The average molecular weight is 403 g/mol. The highest BCUT2D eigenvalue weighted by Crippen LogP contribution is 2.23. The van der Waals surface area contributed by atoms with Gasteiger partial charge in [-0.25, -0.2) is 8.42 Å². The molecular weight excluding hydrogens is 372 g/mol. The first-order valence-electron chi connectivity index (χ1n) is 9.54. The molecule has 0 fully saturated rings. The number of aryl methyl sites for hydroxylation is 2. The molecule has 0 heterocycles. The lowest BCUT2D eigenvalue weighted by Crippen LogP contribution is -2.33. The van der Waals surface area contributed by atoms with Gasteiger partial charge in [0.15, 0.2) is 9.84 Å². The molecule has 2 N–H and O–H groups in total. The van der Waals surface area contributed by atoms with Crippen LogP contribution in [0.5, 0.6) is 0 Å². The van der Waals surface area contributed by atoms with Crippen molar-refractivity contribution >= 4 is 21.4 Å². The Morgan fingerprint density at radius 1 is 1.07 bits per heavy atom. The van der Waals surface area contributed by atoms with E-state index in [4.69, 9.17) is 0 Å². The van der Waals surface area contributed by atoms with Crippen LogP contribution >= 0.6 is 0 Å². The molecule has 2 aromatic carbocycles. The largest absolute Gasteiger partial charge is 0.325 e. The first kappa shape index (κ1) is 22.1. The van der Waals surface area contributed by atoms with Crippen LogP contribution in [-0.2, 0) is 21.1 Å². The minimum Gasteiger partial charge on any atom is -0.325 e. The number of amides is 1. The number of hydrogen-bond acceptors (Lipinski definition) is 4.